The molecule has 0 aliphatic rings. The minimum absolute atomic E-state index is 0.133. The van der Waals surface area contributed by atoms with Gasteiger partial charge in [0.15, 0.2) is 0 Å². The van der Waals surface area contributed by atoms with Crippen molar-refractivity contribution >= 4 is 28.6 Å². The lowest BCUT2D eigenvalue weighted by Crippen LogP contribution is -2.23. The van der Waals surface area contributed by atoms with Gasteiger partial charge in [0.1, 0.15) is 10.8 Å². The number of nitrogens with zero attached hydrogens (tertiary/aromatic N) is 2. The van der Waals surface area contributed by atoms with Crippen LogP contribution < -0.4 is 10.1 Å². The maximum absolute atomic E-state index is 13.0. The molecule has 150 valence electrons. The van der Waals surface area contributed by atoms with Gasteiger partial charge in [-0.2, -0.15) is 0 Å². The molecule has 0 saturated carbocycles. The van der Waals surface area contributed by atoms with Crippen LogP contribution >= 0.6 is 11.8 Å². The van der Waals surface area contributed by atoms with Crippen molar-refractivity contribution in [3.63, 3.8) is 0 Å². The fraction of sp³-hybridized carbons (Fsp3) is 0.125. The lowest BCUT2D eigenvalue weighted by Gasteiger charge is -2.11. The number of para-hydroxylation sites is 1. The summed E-state index contributed by atoms with van der Waals surface area (Å²) in [5, 5.41) is 4.59. The van der Waals surface area contributed by atoms with Crippen molar-refractivity contribution in [3.8, 4) is 5.75 Å². The maximum atomic E-state index is 13.0. The van der Waals surface area contributed by atoms with Crippen LogP contribution in [0, 0.1) is 0 Å². The largest absolute Gasteiger partial charge is 0.494 e. The van der Waals surface area contributed by atoms with E-state index in [1.807, 2.05) is 73.7 Å². The molecule has 1 N–H and O–H groups in total. The molecule has 2 heterocycles. The molecular formula is C24H21N3O2S. The first-order valence-electron chi connectivity index (χ1n) is 9.70. The number of pyridine rings is 2. The van der Waals surface area contributed by atoms with Gasteiger partial charge in [0, 0.05) is 29.2 Å². The summed E-state index contributed by atoms with van der Waals surface area (Å²) in [5.74, 6) is 0.704. The average Bonchev–Trinajstić information content (AvgIpc) is 2.79. The van der Waals surface area contributed by atoms with Gasteiger partial charge in [-0.15, -0.1) is 0 Å². The smallest absolute Gasteiger partial charge is 0.252 e. The number of hydrogen-bond donors (Lipinski definition) is 1. The zero-order valence-corrected chi connectivity index (χ0v) is 17.4. The van der Waals surface area contributed by atoms with Gasteiger partial charge in [0.2, 0.25) is 0 Å². The van der Waals surface area contributed by atoms with Gasteiger partial charge in [-0.05, 0) is 55.0 Å². The van der Waals surface area contributed by atoms with Crippen LogP contribution in [-0.4, -0.2) is 22.5 Å². The Bertz CT molecular complexity index is 1150. The molecule has 30 heavy (non-hydrogen) atoms. The molecule has 0 radical (unpaired) electrons. The number of aromatic nitrogens is 2. The molecule has 0 saturated heterocycles. The minimum Gasteiger partial charge on any atom is -0.494 e. The van der Waals surface area contributed by atoms with Crippen LogP contribution in [-0.2, 0) is 6.54 Å². The van der Waals surface area contributed by atoms with Gasteiger partial charge in [-0.3, -0.25) is 9.78 Å². The number of hydrogen-bond acceptors (Lipinski definition) is 5. The van der Waals surface area contributed by atoms with E-state index in [-0.39, 0.29) is 5.91 Å². The Kier molecular flexibility index (Phi) is 6.25. The van der Waals surface area contributed by atoms with Gasteiger partial charge >= 0.3 is 0 Å². The molecule has 4 rings (SSSR count). The predicted octanol–water partition coefficient (Wildman–Crippen LogP) is 5.11. The molecular weight excluding hydrogens is 394 g/mol. The van der Waals surface area contributed by atoms with E-state index >= 15 is 0 Å². The molecule has 0 atom stereocenters. The highest BCUT2D eigenvalue weighted by atomic mass is 32.2. The first-order valence-corrected chi connectivity index (χ1v) is 10.5. The predicted molar refractivity (Wildman–Crippen MR) is 119 cm³/mol. The molecule has 1 amide bonds. The highest BCUT2D eigenvalue weighted by Gasteiger charge is 2.14. The van der Waals surface area contributed by atoms with Crippen molar-refractivity contribution in [2.24, 2.45) is 0 Å². The number of fused-ring (bicyclic) bond motifs is 1. The number of ether oxygens (including phenoxy) is 1. The minimum atomic E-state index is -0.133. The quantitative estimate of drug-likeness (QED) is 0.454. The maximum Gasteiger partial charge on any atom is 0.252 e. The average molecular weight is 416 g/mol. The summed E-state index contributed by atoms with van der Waals surface area (Å²) >= 11 is 1.52. The molecule has 2 aromatic carbocycles. The summed E-state index contributed by atoms with van der Waals surface area (Å²) in [5.41, 5.74) is 2.35. The third-order valence-electron chi connectivity index (χ3n) is 4.47. The van der Waals surface area contributed by atoms with Gasteiger partial charge in [-0.25, -0.2) is 4.98 Å². The lowest BCUT2D eigenvalue weighted by atomic mass is 10.1. The van der Waals surface area contributed by atoms with Crippen LogP contribution in [0.1, 0.15) is 22.8 Å². The topological polar surface area (TPSA) is 64.1 Å². The molecule has 6 heteroatoms. The fourth-order valence-electron chi connectivity index (χ4n) is 3.06. The van der Waals surface area contributed by atoms with Gasteiger partial charge in [0.25, 0.3) is 5.91 Å². The van der Waals surface area contributed by atoms with Crippen molar-refractivity contribution < 1.29 is 9.53 Å². The number of benzene rings is 2. The van der Waals surface area contributed by atoms with E-state index < -0.39 is 0 Å². The summed E-state index contributed by atoms with van der Waals surface area (Å²) in [6.07, 6.45) is 3.46. The summed E-state index contributed by atoms with van der Waals surface area (Å²) in [7, 11) is 0. The van der Waals surface area contributed by atoms with Gasteiger partial charge in [0.05, 0.1) is 17.7 Å². The van der Waals surface area contributed by atoms with Crippen LogP contribution in [0.4, 0.5) is 0 Å². The van der Waals surface area contributed by atoms with Crippen LogP contribution in [0.3, 0.4) is 0 Å². The van der Waals surface area contributed by atoms with E-state index in [9.17, 15) is 4.79 Å². The number of amides is 1. The van der Waals surface area contributed by atoms with Crippen LogP contribution in [0.2, 0.25) is 0 Å². The van der Waals surface area contributed by atoms with E-state index in [1.54, 1.807) is 12.4 Å². The molecule has 0 unspecified atom stereocenters. The van der Waals surface area contributed by atoms with Crippen LogP contribution in [0.15, 0.2) is 89.0 Å². The molecule has 0 bridgehead atoms. The second-order valence-corrected chi connectivity index (χ2v) is 7.67. The Morgan fingerprint density at radius 1 is 1.07 bits per heavy atom. The fourth-order valence-corrected chi connectivity index (χ4v) is 3.90. The lowest BCUT2D eigenvalue weighted by molar-refractivity contribution is 0.0952. The Morgan fingerprint density at radius 3 is 2.67 bits per heavy atom. The third-order valence-corrected chi connectivity index (χ3v) is 5.40. The third kappa shape index (κ3) is 4.78. The highest BCUT2D eigenvalue weighted by molar-refractivity contribution is 7.99. The molecule has 0 aliphatic carbocycles. The van der Waals surface area contributed by atoms with E-state index in [2.05, 4.69) is 10.3 Å². The summed E-state index contributed by atoms with van der Waals surface area (Å²) < 4.78 is 5.50. The van der Waals surface area contributed by atoms with E-state index in [1.165, 1.54) is 11.8 Å². The van der Waals surface area contributed by atoms with E-state index in [0.717, 1.165) is 32.1 Å². The van der Waals surface area contributed by atoms with Crippen LogP contribution in [0.5, 0.6) is 5.75 Å². The standard InChI is InChI=1S/C24H21N3O2S/c1-2-29-18-9-11-19(12-10-18)30-23-14-21(20-7-3-4-8-22(20)27-23)24(28)26-16-17-6-5-13-25-15-17/h3-15H,2,16H2,1H3,(H,26,28). The molecule has 5 nitrogen and oxygen atoms in total. The summed E-state index contributed by atoms with van der Waals surface area (Å²) in [6.45, 7) is 3.02. The van der Waals surface area contributed by atoms with Crippen LogP contribution in [0.25, 0.3) is 10.9 Å². The summed E-state index contributed by atoms with van der Waals surface area (Å²) in [4.78, 5) is 22.8. The zero-order valence-electron chi connectivity index (χ0n) is 16.5. The molecule has 4 aromatic rings. The van der Waals surface area contributed by atoms with Crippen molar-refractivity contribution in [1.82, 2.24) is 15.3 Å². The van der Waals surface area contributed by atoms with E-state index in [0.29, 0.717) is 18.7 Å². The van der Waals surface area contributed by atoms with Crippen molar-refractivity contribution in [2.45, 2.75) is 23.4 Å². The number of rotatable bonds is 7. The monoisotopic (exact) mass is 415 g/mol. The van der Waals surface area contributed by atoms with E-state index in [4.69, 9.17) is 9.72 Å². The first kappa shape index (κ1) is 19.9. The highest BCUT2D eigenvalue weighted by Crippen LogP contribution is 2.31. The second kappa shape index (κ2) is 9.41. The molecule has 0 fully saturated rings. The number of carbonyl (C=O) groups excluding carboxylic acids is 1. The van der Waals surface area contributed by atoms with Gasteiger partial charge in [-0.1, -0.05) is 36.0 Å². The van der Waals surface area contributed by atoms with Crippen molar-refractivity contribution in [1.29, 1.82) is 0 Å². The van der Waals surface area contributed by atoms with Crippen molar-refractivity contribution in [2.75, 3.05) is 6.61 Å². The Morgan fingerprint density at radius 2 is 1.90 bits per heavy atom. The normalized spacial score (nSPS) is 10.7. The second-order valence-electron chi connectivity index (χ2n) is 6.58. The molecule has 0 spiro atoms. The Labute approximate surface area is 179 Å². The molecule has 0 aliphatic heterocycles. The Balaban J connectivity index is 1.59. The van der Waals surface area contributed by atoms with Gasteiger partial charge < -0.3 is 10.1 Å². The first-order chi connectivity index (χ1) is 14.7. The number of carbonyl (C=O) groups is 1. The zero-order chi connectivity index (χ0) is 20.8. The van der Waals surface area contributed by atoms with Crippen molar-refractivity contribution in [3.05, 3.63) is 90.3 Å². The Hall–Kier alpha value is -3.38. The number of nitrogens with one attached hydrogen (secondary N) is 1. The SMILES string of the molecule is CCOc1ccc(Sc2cc(C(=O)NCc3cccnc3)c3ccccc3n2)cc1. The molecule has 2 aromatic heterocycles. The summed E-state index contributed by atoms with van der Waals surface area (Å²) in [6, 6.07) is 21.2.